The van der Waals surface area contributed by atoms with E-state index in [1.54, 1.807) is 33.5 Å². The molecule has 1 aliphatic carbocycles. The maximum atomic E-state index is 13.3. The van der Waals surface area contributed by atoms with Crippen molar-refractivity contribution in [3.05, 3.63) is 80.5 Å². The zero-order valence-corrected chi connectivity index (χ0v) is 21.5. The SMILES string of the molecule is COc1cc2c(c(OC)c1OC)-c1ccc(NCc3ccccc3Cl)c(=O)cc1C(NC(C)=O)CC2. The van der Waals surface area contributed by atoms with Crippen molar-refractivity contribution in [2.45, 2.75) is 32.4 Å². The summed E-state index contributed by atoms with van der Waals surface area (Å²) < 4.78 is 17.0. The summed E-state index contributed by atoms with van der Waals surface area (Å²) in [6.45, 7) is 1.87. The molecule has 0 spiro atoms. The van der Waals surface area contributed by atoms with Crippen LogP contribution in [0.5, 0.6) is 17.2 Å². The Balaban J connectivity index is 1.91. The number of methoxy groups -OCH3 is 3. The van der Waals surface area contributed by atoms with Crippen LogP contribution in [0.4, 0.5) is 5.69 Å². The summed E-state index contributed by atoms with van der Waals surface area (Å²) in [5.74, 6) is 1.36. The second kappa shape index (κ2) is 10.9. The van der Waals surface area contributed by atoms with Gasteiger partial charge in [0.2, 0.25) is 17.1 Å². The number of ether oxygens (including phenoxy) is 3. The maximum Gasteiger partial charge on any atom is 0.217 e. The minimum absolute atomic E-state index is 0.171. The Hall–Kier alpha value is -3.71. The lowest BCUT2D eigenvalue weighted by molar-refractivity contribution is -0.119. The van der Waals surface area contributed by atoms with E-state index in [4.69, 9.17) is 25.8 Å². The summed E-state index contributed by atoms with van der Waals surface area (Å²) in [5.41, 5.74) is 4.39. The van der Waals surface area contributed by atoms with Crippen molar-refractivity contribution in [3.63, 3.8) is 0 Å². The molecule has 0 bridgehead atoms. The number of halogens is 1. The summed E-state index contributed by atoms with van der Waals surface area (Å²) in [5, 5.41) is 6.86. The van der Waals surface area contributed by atoms with E-state index >= 15 is 0 Å². The van der Waals surface area contributed by atoms with Crippen LogP contribution < -0.4 is 30.3 Å². The first-order chi connectivity index (χ1) is 17.4. The molecule has 2 N–H and O–H groups in total. The molecule has 4 rings (SSSR count). The van der Waals surface area contributed by atoms with Crippen molar-refractivity contribution in [2.24, 2.45) is 0 Å². The van der Waals surface area contributed by atoms with E-state index in [2.05, 4.69) is 10.6 Å². The Bertz CT molecular complexity index is 1360. The number of aryl methyl sites for hydroxylation is 1. The van der Waals surface area contributed by atoms with Gasteiger partial charge in [-0.2, -0.15) is 0 Å². The van der Waals surface area contributed by atoms with Crippen molar-refractivity contribution < 1.29 is 19.0 Å². The number of fused-ring (bicyclic) bond motifs is 3. The van der Waals surface area contributed by atoms with Gasteiger partial charge in [-0.25, -0.2) is 0 Å². The minimum atomic E-state index is -0.358. The third-order valence-electron chi connectivity index (χ3n) is 6.34. The van der Waals surface area contributed by atoms with Crippen molar-refractivity contribution in [1.29, 1.82) is 0 Å². The third kappa shape index (κ3) is 4.97. The van der Waals surface area contributed by atoms with Crippen LogP contribution in [0.15, 0.2) is 53.3 Å². The lowest BCUT2D eigenvalue weighted by Gasteiger charge is -2.19. The molecule has 36 heavy (non-hydrogen) atoms. The number of rotatable bonds is 7. The minimum Gasteiger partial charge on any atom is -0.493 e. The summed E-state index contributed by atoms with van der Waals surface area (Å²) in [6, 6.07) is 14.3. The fourth-order valence-corrected chi connectivity index (χ4v) is 4.89. The molecule has 0 fully saturated rings. The Morgan fingerprint density at radius 2 is 1.78 bits per heavy atom. The molecule has 3 aromatic rings. The number of hydrogen-bond acceptors (Lipinski definition) is 6. The van der Waals surface area contributed by atoms with Crippen LogP contribution >= 0.6 is 11.6 Å². The standard InChI is InChI=1S/C28H29ClN2O5/c1-16(32)31-22-11-9-17-13-25(34-2)27(35-3)28(36-4)26(17)19-10-12-23(24(33)14-20(19)22)30-15-18-7-5-6-8-21(18)29/h5-8,10,12-14,22H,9,11,15H2,1-4H3,(H,30,33)(H,31,32). The number of benzene rings is 2. The monoisotopic (exact) mass is 508 g/mol. The average Bonchev–Trinajstić information content (AvgIpc) is 3.11. The predicted octanol–water partition coefficient (Wildman–Crippen LogP) is 5.13. The maximum absolute atomic E-state index is 13.3. The van der Waals surface area contributed by atoms with Crippen LogP contribution in [0.3, 0.4) is 0 Å². The van der Waals surface area contributed by atoms with Crippen LogP contribution in [0, 0.1) is 0 Å². The van der Waals surface area contributed by atoms with Crippen LogP contribution in [0.25, 0.3) is 11.1 Å². The highest BCUT2D eigenvalue weighted by Crippen LogP contribution is 2.50. The van der Waals surface area contributed by atoms with Crippen molar-refractivity contribution in [3.8, 4) is 28.4 Å². The molecule has 0 saturated heterocycles. The topological polar surface area (TPSA) is 85.9 Å². The highest BCUT2D eigenvalue weighted by Gasteiger charge is 2.29. The summed E-state index contributed by atoms with van der Waals surface area (Å²) >= 11 is 6.29. The smallest absolute Gasteiger partial charge is 0.217 e. The van der Waals surface area contributed by atoms with Gasteiger partial charge in [-0.3, -0.25) is 9.59 Å². The van der Waals surface area contributed by atoms with Crippen molar-refractivity contribution in [2.75, 3.05) is 26.6 Å². The largest absolute Gasteiger partial charge is 0.493 e. The number of anilines is 1. The van der Waals surface area contributed by atoms with E-state index in [1.807, 2.05) is 36.4 Å². The molecule has 1 unspecified atom stereocenters. The van der Waals surface area contributed by atoms with Gasteiger partial charge in [0.15, 0.2) is 11.5 Å². The van der Waals surface area contributed by atoms with Gasteiger partial charge in [-0.05, 0) is 59.4 Å². The number of hydrogen-bond donors (Lipinski definition) is 2. The zero-order chi connectivity index (χ0) is 25.8. The van der Waals surface area contributed by atoms with E-state index in [-0.39, 0.29) is 17.4 Å². The van der Waals surface area contributed by atoms with Gasteiger partial charge >= 0.3 is 0 Å². The fraction of sp³-hybridized carbons (Fsp3) is 0.286. The normalized spacial score (nSPS) is 14.1. The molecule has 0 saturated carbocycles. The van der Waals surface area contributed by atoms with E-state index in [1.165, 1.54) is 6.92 Å². The van der Waals surface area contributed by atoms with Gasteiger partial charge in [0.1, 0.15) is 0 Å². The number of nitrogens with one attached hydrogen (secondary N) is 2. The van der Waals surface area contributed by atoms with E-state index in [0.717, 1.165) is 22.3 Å². The van der Waals surface area contributed by atoms with Gasteiger partial charge in [0.05, 0.1) is 33.1 Å². The Morgan fingerprint density at radius 1 is 1.03 bits per heavy atom. The number of carbonyl (C=O) groups excluding carboxylic acids is 1. The van der Waals surface area contributed by atoms with Crippen LogP contribution in [0.2, 0.25) is 5.02 Å². The van der Waals surface area contributed by atoms with E-state index in [0.29, 0.717) is 52.9 Å². The van der Waals surface area contributed by atoms with Gasteiger partial charge in [-0.1, -0.05) is 35.9 Å². The molecule has 1 amide bonds. The number of carbonyl (C=O) groups is 1. The zero-order valence-electron chi connectivity index (χ0n) is 20.7. The quantitative estimate of drug-likeness (QED) is 0.460. The molecular formula is C28H29ClN2O5. The first kappa shape index (κ1) is 25.4. The van der Waals surface area contributed by atoms with Gasteiger partial charge in [0, 0.05) is 24.1 Å². The second-order valence-corrected chi connectivity index (χ2v) is 8.95. The first-order valence-electron chi connectivity index (χ1n) is 11.6. The van der Waals surface area contributed by atoms with E-state index in [9.17, 15) is 9.59 Å². The highest BCUT2D eigenvalue weighted by molar-refractivity contribution is 6.31. The highest BCUT2D eigenvalue weighted by atomic mass is 35.5. The van der Waals surface area contributed by atoms with Crippen LogP contribution in [-0.2, 0) is 17.8 Å². The van der Waals surface area contributed by atoms with Gasteiger partial charge in [0.25, 0.3) is 0 Å². The number of amides is 1. The Kier molecular flexibility index (Phi) is 7.70. The molecular weight excluding hydrogens is 480 g/mol. The molecule has 0 aromatic heterocycles. The molecule has 7 nitrogen and oxygen atoms in total. The summed E-state index contributed by atoms with van der Waals surface area (Å²) in [7, 11) is 4.71. The summed E-state index contributed by atoms with van der Waals surface area (Å²) in [6.07, 6.45) is 1.24. The second-order valence-electron chi connectivity index (χ2n) is 8.54. The van der Waals surface area contributed by atoms with Crippen LogP contribution in [-0.4, -0.2) is 27.2 Å². The molecule has 0 radical (unpaired) electrons. The van der Waals surface area contributed by atoms with Crippen molar-refractivity contribution >= 4 is 23.2 Å². The molecule has 188 valence electrons. The average molecular weight is 509 g/mol. The lowest BCUT2D eigenvalue weighted by Crippen LogP contribution is -2.26. The molecule has 0 heterocycles. The first-order valence-corrected chi connectivity index (χ1v) is 12.0. The van der Waals surface area contributed by atoms with E-state index < -0.39 is 0 Å². The molecule has 1 aliphatic rings. The Labute approximate surface area is 215 Å². The molecule has 0 aliphatic heterocycles. The third-order valence-corrected chi connectivity index (χ3v) is 6.71. The predicted molar refractivity (Wildman–Crippen MR) is 141 cm³/mol. The Morgan fingerprint density at radius 3 is 2.44 bits per heavy atom. The van der Waals surface area contributed by atoms with Gasteiger partial charge in [-0.15, -0.1) is 0 Å². The molecule has 8 heteroatoms. The fourth-order valence-electron chi connectivity index (χ4n) is 4.69. The molecule has 1 atom stereocenters. The van der Waals surface area contributed by atoms with Crippen LogP contribution in [0.1, 0.15) is 36.1 Å². The lowest BCUT2D eigenvalue weighted by atomic mass is 9.95. The summed E-state index contributed by atoms with van der Waals surface area (Å²) in [4.78, 5) is 25.4. The molecule has 3 aromatic carbocycles. The van der Waals surface area contributed by atoms with Gasteiger partial charge < -0.3 is 24.8 Å². The van der Waals surface area contributed by atoms with Crippen molar-refractivity contribution in [1.82, 2.24) is 5.32 Å².